The Hall–Kier alpha value is -3.08. The van der Waals surface area contributed by atoms with Crippen LogP contribution in [0.3, 0.4) is 0 Å². The normalized spacial score (nSPS) is 11.5. The smallest absolute Gasteiger partial charge is 0.267 e. The van der Waals surface area contributed by atoms with Crippen LogP contribution in [0.15, 0.2) is 24.7 Å². The number of nitrogens with zero attached hydrogens (tertiary/aromatic N) is 2. The Morgan fingerprint density at radius 2 is 1.96 bits per heavy atom. The second-order valence-electron chi connectivity index (χ2n) is 5.44. The molecule has 0 spiro atoms. The van der Waals surface area contributed by atoms with Crippen LogP contribution in [0, 0.1) is 18.6 Å². The van der Waals surface area contributed by atoms with Crippen LogP contribution in [0.25, 0.3) is 11.0 Å². The van der Waals surface area contributed by atoms with E-state index in [0.717, 1.165) is 11.8 Å². The van der Waals surface area contributed by atoms with Crippen molar-refractivity contribution in [1.82, 2.24) is 19.7 Å². The Morgan fingerprint density at radius 1 is 1.23 bits per heavy atom. The number of halogens is 2. The van der Waals surface area contributed by atoms with E-state index in [4.69, 9.17) is 4.74 Å². The maximum atomic E-state index is 14.3. The zero-order valence-electron chi connectivity index (χ0n) is 13.5. The molecule has 1 aromatic carbocycles. The molecule has 3 aromatic rings. The minimum Gasteiger partial charge on any atom is -0.435 e. The fourth-order valence-corrected chi connectivity index (χ4v) is 2.72. The number of aromatic amines is 1. The summed E-state index contributed by atoms with van der Waals surface area (Å²) in [5.41, 5.74) is 0.420. The quantitative estimate of drug-likeness (QED) is 0.714. The molecule has 0 aliphatic heterocycles. The van der Waals surface area contributed by atoms with Crippen LogP contribution >= 0.6 is 0 Å². The van der Waals surface area contributed by atoms with Crippen LogP contribution in [0.1, 0.15) is 15.9 Å². The number of sulfonamides is 1. The van der Waals surface area contributed by atoms with Gasteiger partial charge in [-0.2, -0.15) is 0 Å². The number of carbonyl (C=O) groups is 1. The molecular weight excluding hydrogens is 370 g/mol. The average molecular weight is 382 g/mol. The van der Waals surface area contributed by atoms with E-state index in [2.05, 4.69) is 15.0 Å². The molecule has 136 valence electrons. The van der Waals surface area contributed by atoms with Crippen molar-refractivity contribution in [1.29, 1.82) is 0 Å². The maximum absolute atomic E-state index is 14.3. The van der Waals surface area contributed by atoms with Crippen molar-refractivity contribution in [3.63, 3.8) is 0 Å². The Bertz CT molecular complexity index is 1130. The van der Waals surface area contributed by atoms with Crippen LogP contribution in [0.4, 0.5) is 8.78 Å². The lowest BCUT2D eigenvalue weighted by molar-refractivity contribution is 0.0977. The summed E-state index contributed by atoms with van der Waals surface area (Å²) in [4.78, 5) is 22.5. The fraction of sp³-hybridized carbons (Fsp3) is 0.133. The molecule has 0 fully saturated rings. The summed E-state index contributed by atoms with van der Waals surface area (Å²) in [6.45, 7) is 1.75. The first-order valence-electron chi connectivity index (χ1n) is 7.13. The van der Waals surface area contributed by atoms with Gasteiger partial charge in [-0.1, -0.05) is 0 Å². The van der Waals surface area contributed by atoms with Gasteiger partial charge in [0.2, 0.25) is 15.9 Å². The fourth-order valence-electron chi connectivity index (χ4n) is 2.27. The molecule has 2 N–H and O–H groups in total. The molecule has 2 aromatic heterocycles. The van der Waals surface area contributed by atoms with Gasteiger partial charge >= 0.3 is 0 Å². The van der Waals surface area contributed by atoms with Gasteiger partial charge in [0.1, 0.15) is 17.8 Å². The number of benzene rings is 1. The Labute approximate surface area is 146 Å². The summed E-state index contributed by atoms with van der Waals surface area (Å²) in [6, 6.07) is 1.19. The number of ether oxygens (including phenoxy) is 1. The molecule has 0 atom stereocenters. The van der Waals surface area contributed by atoms with E-state index < -0.39 is 38.9 Å². The van der Waals surface area contributed by atoms with Gasteiger partial charge in [0, 0.05) is 12.3 Å². The lowest BCUT2D eigenvalue weighted by Gasteiger charge is -2.10. The third-order valence-corrected chi connectivity index (χ3v) is 3.94. The minimum atomic E-state index is -3.92. The van der Waals surface area contributed by atoms with Crippen LogP contribution in [-0.4, -0.2) is 35.5 Å². The van der Waals surface area contributed by atoms with Gasteiger partial charge < -0.3 is 9.72 Å². The number of carbonyl (C=O) groups excluding carboxylic acids is 1. The molecule has 8 nitrogen and oxygen atoms in total. The average Bonchev–Trinajstić information content (AvgIpc) is 2.91. The Kier molecular flexibility index (Phi) is 4.32. The van der Waals surface area contributed by atoms with Gasteiger partial charge in [-0.25, -0.2) is 31.9 Å². The van der Waals surface area contributed by atoms with Crippen molar-refractivity contribution in [2.75, 3.05) is 6.26 Å². The summed E-state index contributed by atoms with van der Waals surface area (Å²) in [5.74, 6) is -4.02. The SMILES string of the molecule is Cc1c[nH]c2ncnc(Oc3cc(F)c(C(=O)NS(C)(=O)=O)cc3F)c12. The molecule has 0 saturated heterocycles. The molecule has 2 heterocycles. The van der Waals surface area contributed by atoms with E-state index in [0.29, 0.717) is 23.2 Å². The first-order valence-corrected chi connectivity index (χ1v) is 9.02. The number of fused-ring (bicyclic) bond motifs is 1. The molecule has 0 saturated carbocycles. The summed E-state index contributed by atoms with van der Waals surface area (Å²) in [7, 11) is -3.92. The van der Waals surface area contributed by atoms with Gasteiger partial charge in [-0.15, -0.1) is 0 Å². The molecule has 0 aliphatic carbocycles. The highest BCUT2D eigenvalue weighted by Gasteiger charge is 2.21. The van der Waals surface area contributed by atoms with Crippen molar-refractivity contribution in [2.24, 2.45) is 0 Å². The van der Waals surface area contributed by atoms with E-state index in [1.165, 1.54) is 6.33 Å². The van der Waals surface area contributed by atoms with Gasteiger partial charge in [0.15, 0.2) is 11.6 Å². The van der Waals surface area contributed by atoms with E-state index >= 15 is 0 Å². The monoisotopic (exact) mass is 382 g/mol. The zero-order chi connectivity index (χ0) is 19.1. The largest absolute Gasteiger partial charge is 0.435 e. The van der Waals surface area contributed by atoms with Gasteiger partial charge in [0.25, 0.3) is 5.91 Å². The maximum Gasteiger partial charge on any atom is 0.267 e. The van der Waals surface area contributed by atoms with Crippen LogP contribution in [0.2, 0.25) is 0 Å². The Balaban J connectivity index is 1.98. The summed E-state index contributed by atoms with van der Waals surface area (Å²) in [6.07, 6.45) is 3.56. The molecule has 11 heteroatoms. The summed E-state index contributed by atoms with van der Waals surface area (Å²) < 4.78 is 57.4. The predicted molar refractivity (Wildman–Crippen MR) is 87.4 cm³/mol. The van der Waals surface area contributed by atoms with Gasteiger partial charge in [-0.05, 0) is 18.6 Å². The lowest BCUT2D eigenvalue weighted by Crippen LogP contribution is -2.30. The predicted octanol–water partition coefficient (Wildman–Crippen LogP) is 2.03. The summed E-state index contributed by atoms with van der Waals surface area (Å²) >= 11 is 0. The van der Waals surface area contributed by atoms with Crippen LogP contribution in [0.5, 0.6) is 11.6 Å². The highest BCUT2D eigenvalue weighted by molar-refractivity contribution is 7.89. The molecule has 0 radical (unpaired) electrons. The van der Waals surface area contributed by atoms with Crippen molar-refractivity contribution in [3.05, 3.63) is 47.4 Å². The second-order valence-corrected chi connectivity index (χ2v) is 7.19. The van der Waals surface area contributed by atoms with Crippen LogP contribution < -0.4 is 9.46 Å². The lowest BCUT2D eigenvalue weighted by atomic mass is 10.2. The van der Waals surface area contributed by atoms with E-state index in [1.54, 1.807) is 17.8 Å². The second kappa shape index (κ2) is 6.33. The first kappa shape index (κ1) is 17.7. The van der Waals surface area contributed by atoms with Crippen molar-refractivity contribution >= 4 is 27.0 Å². The molecule has 1 amide bonds. The van der Waals surface area contributed by atoms with Gasteiger partial charge in [-0.3, -0.25) is 4.79 Å². The third kappa shape index (κ3) is 3.47. The zero-order valence-corrected chi connectivity index (χ0v) is 14.3. The number of nitrogens with one attached hydrogen (secondary N) is 2. The standard InChI is InChI=1S/C15H12F2N4O4S/c1-7-5-18-13-12(7)15(20-6-19-13)25-11-4-9(16)8(3-10(11)17)14(22)21-26(2,23)24/h3-6H,1-2H3,(H,21,22)(H,18,19,20). The number of H-pyrrole nitrogens is 1. The number of aryl methyl sites for hydroxylation is 1. The first-order chi connectivity index (χ1) is 12.2. The number of rotatable bonds is 4. The highest BCUT2D eigenvalue weighted by atomic mass is 32.2. The third-order valence-electron chi connectivity index (χ3n) is 3.38. The van der Waals surface area contributed by atoms with Crippen LogP contribution in [-0.2, 0) is 10.0 Å². The molecule has 0 aliphatic rings. The molecule has 26 heavy (non-hydrogen) atoms. The van der Waals surface area contributed by atoms with Crippen molar-refractivity contribution in [2.45, 2.75) is 6.92 Å². The van der Waals surface area contributed by atoms with Crippen molar-refractivity contribution < 1.29 is 26.7 Å². The number of hydrogen-bond acceptors (Lipinski definition) is 6. The van der Waals surface area contributed by atoms with Gasteiger partial charge in [0.05, 0.1) is 17.2 Å². The molecule has 0 unspecified atom stereocenters. The number of amides is 1. The molecule has 3 rings (SSSR count). The number of hydrogen-bond donors (Lipinski definition) is 2. The summed E-state index contributed by atoms with van der Waals surface area (Å²) in [5, 5.41) is 0.492. The van der Waals surface area contributed by atoms with E-state index in [9.17, 15) is 22.0 Å². The van der Waals surface area contributed by atoms with E-state index in [-0.39, 0.29) is 5.88 Å². The minimum absolute atomic E-state index is 0.000359. The topological polar surface area (TPSA) is 114 Å². The van der Waals surface area contributed by atoms with Crippen molar-refractivity contribution in [3.8, 4) is 11.6 Å². The number of aromatic nitrogens is 3. The Morgan fingerprint density at radius 3 is 2.65 bits per heavy atom. The highest BCUT2D eigenvalue weighted by Crippen LogP contribution is 2.31. The molecule has 0 bridgehead atoms. The van der Waals surface area contributed by atoms with E-state index in [1.807, 2.05) is 0 Å². The molecular formula is C15H12F2N4O4S.